The van der Waals surface area contributed by atoms with Crippen LogP contribution in [0, 0.1) is 6.92 Å². The number of carbonyl (C=O) groups excluding carboxylic acids is 1. The summed E-state index contributed by atoms with van der Waals surface area (Å²) in [7, 11) is -2.49. The predicted molar refractivity (Wildman–Crippen MR) is 133 cm³/mol. The van der Waals surface area contributed by atoms with E-state index in [4.69, 9.17) is 9.47 Å². The van der Waals surface area contributed by atoms with E-state index in [1.165, 1.54) is 19.2 Å². The predicted octanol–water partition coefficient (Wildman–Crippen LogP) is 4.48. The molecular formula is C26H30N2O5S. The smallest absolute Gasteiger partial charge is 0.264 e. The summed E-state index contributed by atoms with van der Waals surface area (Å²) < 4.78 is 38.7. The summed E-state index contributed by atoms with van der Waals surface area (Å²) >= 11 is 0. The number of anilines is 1. The molecule has 180 valence electrons. The average Bonchev–Trinajstić information content (AvgIpc) is 2.84. The third kappa shape index (κ3) is 6.08. The van der Waals surface area contributed by atoms with E-state index >= 15 is 0 Å². The van der Waals surface area contributed by atoms with Gasteiger partial charge >= 0.3 is 0 Å². The minimum Gasteiger partial charge on any atom is -0.497 e. The summed E-state index contributed by atoms with van der Waals surface area (Å²) in [6.45, 7) is 5.89. The lowest BCUT2D eigenvalue weighted by molar-refractivity contribution is -0.120. The molecule has 3 aromatic carbocycles. The fourth-order valence-electron chi connectivity index (χ4n) is 3.42. The van der Waals surface area contributed by atoms with Gasteiger partial charge < -0.3 is 14.8 Å². The Morgan fingerprint density at radius 2 is 1.53 bits per heavy atom. The highest BCUT2D eigenvalue weighted by molar-refractivity contribution is 7.92. The molecule has 0 saturated heterocycles. The van der Waals surface area contributed by atoms with Gasteiger partial charge in [-0.1, -0.05) is 29.8 Å². The van der Waals surface area contributed by atoms with Gasteiger partial charge in [-0.15, -0.1) is 0 Å². The molecule has 0 radical (unpaired) electrons. The minimum atomic E-state index is -4.00. The number of hydrogen-bond acceptors (Lipinski definition) is 5. The molecule has 0 bridgehead atoms. The summed E-state index contributed by atoms with van der Waals surface area (Å²) in [5, 5.41) is 2.90. The molecule has 0 heterocycles. The van der Waals surface area contributed by atoms with Gasteiger partial charge in [0.25, 0.3) is 10.0 Å². The van der Waals surface area contributed by atoms with Gasteiger partial charge in [-0.25, -0.2) is 8.42 Å². The van der Waals surface area contributed by atoms with E-state index in [9.17, 15) is 13.2 Å². The fourth-order valence-corrected chi connectivity index (χ4v) is 4.84. The second-order valence-electron chi connectivity index (χ2n) is 7.81. The number of carbonyl (C=O) groups is 1. The van der Waals surface area contributed by atoms with E-state index in [1.807, 2.05) is 57.2 Å². The first-order valence-corrected chi connectivity index (χ1v) is 12.4. The molecule has 1 amide bonds. The van der Waals surface area contributed by atoms with Crippen molar-refractivity contribution in [3.63, 3.8) is 0 Å². The zero-order valence-electron chi connectivity index (χ0n) is 19.8. The van der Waals surface area contributed by atoms with Crippen LogP contribution in [-0.4, -0.2) is 34.6 Å². The number of nitrogens with zero attached hydrogens (tertiary/aromatic N) is 1. The summed E-state index contributed by atoms with van der Waals surface area (Å²) in [6, 6.07) is 20.2. The van der Waals surface area contributed by atoms with E-state index in [0.29, 0.717) is 18.0 Å². The van der Waals surface area contributed by atoms with Gasteiger partial charge in [0.2, 0.25) is 5.91 Å². The third-order valence-electron chi connectivity index (χ3n) is 5.33. The Hall–Kier alpha value is -3.52. The first kappa shape index (κ1) is 25.1. The number of amides is 1. The molecule has 1 atom stereocenters. The maximum absolute atomic E-state index is 13.5. The topological polar surface area (TPSA) is 84.9 Å². The highest BCUT2D eigenvalue weighted by Crippen LogP contribution is 2.26. The van der Waals surface area contributed by atoms with Gasteiger partial charge in [0.1, 0.15) is 18.0 Å². The molecule has 0 aliphatic carbocycles. The molecule has 0 aliphatic rings. The van der Waals surface area contributed by atoms with Gasteiger partial charge in [-0.05, 0) is 74.9 Å². The second kappa shape index (κ2) is 11.1. The Bertz CT molecular complexity index is 1190. The number of hydrogen-bond donors (Lipinski definition) is 1. The largest absolute Gasteiger partial charge is 0.497 e. The van der Waals surface area contributed by atoms with Gasteiger partial charge in [-0.2, -0.15) is 0 Å². The summed E-state index contributed by atoms with van der Waals surface area (Å²) in [4.78, 5) is 13.0. The molecule has 0 fully saturated rings. The highest BCUT2D eigenvalue weighted by atomic mass is 32.2. The van der Waals surface area contributed by atoms with Crippen LogP contribution in [0.3, 0.4) is 0 Å². The van der Waals surface area contributed by atoms with Crippen molar-refractivity contribution in [2.75, 3.05) is 24.6 Å². The maximum Gasteiger partial charge on any atom is 0.264 e. The molecule has 0 saturated carbocycles. The fraction of sp³-hybridized carbons (Fsp3) is 0.269. The first-order chi connectivity index (χ1) is 16.2. The van der Waals surface area contributed by atoms with E-state index in [0.717, 1.165) is 21.2 Å². The number of benzene rings is 3. The Morgan fingerprint density at radius 1 is 0.941 bits per heavy atom. The molecule has 1 N–H and O–H groups in total. The van der Waals surface area contributed by atoms with E-state index < -0.39 is 15.9 Å². The zero-order chi connectivity index (χ0) is 24.7. The van der Waals surface area contributed by atoms with Crippen LogP contribution < -0.4 is 19.1 Å². The molecule has 0 spiro atoms. The number of methoxy groups -OCH3 is 1. The van der Waals surface area contributed by atoms with Crippen LogP contribution in [0.15, 0.2) is 77.7 Å². The maximum atomic E-state index is 13.5. The quantitative estimate of drug-likeness (QED) is 0.461. The Balaban J connectivity index is 1.83. The van der Waals surface area contributed by atoms with Crippen LogP contribution in [0.5, 0.6) is 11.5 Å². The van der Waals surface area contributed by atoms with Crippen LogP contribution in [0.2, 0.25) is 0 Å². The normalized spacial score (nSPS) is 12.0. The van der Waals surface area contributed by atoms with Crippen molar-refractivity contribution in [2.45, 2.75) is 31.7 Å². The van der Waals surface area contributed by atoms with Gasteiger partial charge in [0.15, 0.2) is 0 Å². The minimum absolute atomic E-state index is 0.0706. The average molecular weight is 483 g/mol. The van der Waals surface area contributed by atoms with Crippen LogP contribution in [0.1, 0.15) is 31.0 Å². The van der Waals surface area contributed by atoms with Crippen molar-refractivity contribution in [2.24, 2.45) is 0 Å². The SMILES string of the molecule is CCOc1ccc([C@H](C)NC(=O)CN(c2ccc(C)cc2)S(=O)(=O)c2ccc(OC)cc2)cc1. The van der Waals surface area contributed by atoms with Crippen LogP contribution in [0.25, 0.3) is 0 Å². The monoisotopic (exact) mass is 482 g/mol. The van der Waals surface area contributed by atoms with Crippen molar-refractivity contribution >= 4 is 21.6 Å². The first-order valence-electron chi connectivity index (χ1n) is 11.0. The molecule has 3 rings (SSSR count). The van der Waals surface area contributed by atoms with Crippen molar-refractivity contribution in [1.29, 1.82) is 0 Å². The van der Waals surface area contributed by atoms with E-state index in [1.54, 1.807) is 24.3 Å². The van der Waals surface area contributed by atoms with Crippen molar-refractivity contribution in [3.8, 4) is 11.5 Å². The van der Waals surface area contributed by atoms with E-state index in [-0.39, 0.29) is 17.5 Å². The lowest BCUT2D eigenvalue weighted by Crippen LogP contribution is -2.41. The van der Waals surface area contributed by atoms with Crippen LogP contribution in [-0.2, 0) is 14.8 Å². The molecule has 3 aromatic rings. The van der Waals surface area contributed by atoms with Gasteiger partial charge in [0.05, 0.1) is 30.3 Å². The van der Waals surface area contributed by atoms with Gasteiger partial charge in [0, 0.05) is 0 Å². The molecule has 0 aliphatic heterocycles. The summed E-state index contributed by atoms with van der Waals surface area (Å²) in [5.74, 6) is 0.878. The lowest BCUT2D eigenvalue weighted by Gasteiger charge is -2.25. The number of ether oxygens (including phenoxy) is 2. The standard InChI is InChI=1S/C26H30N2O5S/c1-5-33-24-12-8-21(9-13-24)20(3)27-26(29)18-28(22-10-6-19(2)7-11-22)34(30,31)25-16-14-23(32-4)15-17-25/h6-17,20H,5,18H2,1-4H3,(H,27,29)/t20-/m0/s1. The number of nitrogens with one attached hydrogen (secondary N) is 1. The number of aryl methyl sites for hydroxylation is 1. The zero-order valence-corrected chi connectivity index (χ0v) is 20.6. The molecule has 8 heteroatoms. The lowest BCUT2D eigenvalue weighted by atomic mass is 10.1. The summed E-state index contributed by atoms with van der Waals surface area (Å²) in [5.41, 5.74) is 2.28. The number of rotatable bonds is 10. The third-order valence-corrected chi connectivity index (χ3v) is 7.11. The summed E-state index contributed by atoms with van der Waals surface area (Å²) in [6.07, 6.45) is 0. The second-order valence-corrected chi connectivity index (χ2v) is 9.68. The molecule has 34 heavy (non-hydrogen) atoms. The van der Waals surface area contributed by atoms with Crippen molar-refractivity contribution in [3.05, 3.63) is 83.9 Å². The number of sulfonamides is 1. The molecular weight excluding hydrogens is 452 g/mol. The Labute approximate surface area is 201 Å². The molecule has 7 nitrogen and oxygen atoms in total. The van der Waals surface area contributed by atoms with Crippen molar-refractivity contribution in [1.82, 2.24) is 5.32 Å². The Kier molecular flexibility index (Phi) is 8.17. The molecule has 0 aromatic heterocycles. The highest BCUT2D eigenvalue weighted by Gasteiger charge is 2.27. The van der Waals surface area contributed by atoms with Crippen LogP contribution >= 0.6 is 0 Å². The molecule has 0 unspecified atom stereocenters. The van der Waals surface area contributed by atoms with E-state index in [2.05, 4.69) is 5.32 Å². The van der Waals surface area contributed by atoms with Crippen molar-refractivity contribution < 1.29 is 22.7 Å². The van der Waals surface area contributed by atoms with Crippen LogP contribution in [0.4, 0.5) is 5.69 Å². The van der Waals surface area contributed by atoms with Gasteiger partial charge in [-0.3, -0.25) is 9.10 Å². The Morgan fingerprint density at radius 3 is 2.09 bits per heavy atom.